The summed E-state index contributed by atoms with van der Waals surface area (Å²) in [7, 11) is 0. The third-order valence-corrected chi connectivity index (χ3v) is 8.46. The molecule has 1 aliphatic heterocycles. The molecule has 0 aromatic heterocycles. The first-order chi connectivity index (χ1) is 12.3. The Hall–Kier alpha value is -0.640. The minimum absolute atomic E-state index is 0.185. The molecular formula is C22H32ClFN2. The summed E-state index contributed by atoms with van der Waals surface area (Å²) in [5.41, 5.74) is 1.67. The molecule has 0 unspecified atom stereocenters. The molecule has 4 heteroatoms. The minimum atomic E-state index is -0.185. The van der Waals surface area contributed by atoms with Crippen LogP contribution in [0, 0.1) is 22.6 Å². The van der Waals surface area contributed by atoms with Crippen molar-refractivity contribution in [1.29, 1.82) is 0 Å². The van der Waals surface area contributed by atoms with Gasteiger partial charge in [0.05, 0.1) is 0 Å². The standard InChI is InChI=1S/C22H32ClFN2/c1-21(2)16-6-9-22(21,3)20(12-16)25-18-7-10-26(11-8-18)14-15-4-5-17(23)13-19(15)24/h4-5,13,16,18,20,25H,6-12,14H2,1-3H3/t16-,20-,22+/m1/s1. The number of piperidine rings is 1. The highest BCUT2D eigenvalue weighted by Gasteiger charge is 2.61. The first kappa shape index (κ1) is 18.7. The molecule has 3 atom stereocenters. The van der Waals surface area contributed by atoms with Crippen LogP contribution >= 0.6 is 11.6 Å². The van der Waals surface area contributed by atoms with E-state index >= 15 is 0 Å². The first-order valence-electron chi connectivity index (χ1n) is 10.2. The van der Waals surface area contributed by atoms with Crippen molar-refractivity contribution in [3.05, 3.63) is 34.6 Å². The number of nitrogens with zero attached hydrogens (tertiary/aromatic N) is 1. The molecule has 1 heterocycles. The van der Waals surface area contributed by atoms with E-state index in [4.69, 9.17) is 11.6 Å². The predicted molar refractivity (Wildman–Crippen MR) is 106 cm³/mol. The van der Waals surface area contributed by atoms with E-state index in [1.807, 2.05) is 6.07 Å². The number of hydrogen-bond donors (Lipinski definition) is 1. The normalized spacial score (nSPS) is 34.5. The summed E-state index contributed by atoms with van der Waals surface area (Å²) < 4.78 is 14.0. The molecule has 2 bridgehead atoms. The lowest BCUT2D eigenvalue weighted by Crippen LogP contribution is -2.51. The lowest BCUT2D eigenvalue weighted by atomic mass is 9.69. The number of fused-ring (bicyclic) bond motifs is 2. The number of nitrogens with one attached hydrogen (secondary N) is 1. The Labute approximate surface area is 162 Å². The quantitative estimate of drug-likeness (QED) is 0.769. The van der Waals surface area contributed by atoms with Crippen LogP contribution in [-0.2, 0) is 6.54 Å². The molecule has 2 saturated carbocycles. The molecule has 1 aromatic carbocycles. The average molecular weight is 379 g/mol. The second-order valence-corrected chi connectivity index (χ2v) is 10.1. The van der Waals surface area contributed by atoms with Crippen molar-refractivity contribution in [3.8, 4) is 0 Å². The molecule has 0 amide bonds. The van der Waals surface area contributed by atoms with E-state index in [9.17, 15) is 4.39 Å². The third kappa shape index (κ3) is 3.10. The predicted octanol–water partition coefficient (Wildman–Crippen LogP) is 5.25. The number of likely N-dealkylation sites (tertiary alicyclic amines) is 1. The largest absolute Gasteiger partial charge is 0.311 e. The van der Waals surface area contributed by atoms with E-state index in [2.05, 4.69) is 31.0 Å². The summed E-state index contributed by atoms with van der Waals surface area (Å²) in [5, 5.41) is 4.50. The molecule has 0 radical (unpaired) electrons. The van der Waals surface area contributed by atoms with Gasteiger partial charge in [0.15, 0.2) is 0 Å². The number of rotatable bonds is 4. The van der Waals surface area contributed by atoms with E-state index in [0.29, 0.717) is 34.5 Å². The summed E-state index contributed by atoms with van der Waals surface area (Å²) in [6.45, 7) is 10.2. The van der Waals surface area contributed by atoms with Gasteiger partial charge in [0.25, 0.3) is 0 Å². The van der Waals surface area contributed by atoms with Crippen molar-refractivity contribution in [2.75, 3.05) is 13.1 Å². The van der Waals surface area contributed by atoms with Crippen LogP contribution in [0.4, 0.5) is 4.39 Å². The fourth-order valence-corrected chi connectivity index (χ4v) is 6.05. The molecule has 0 spiro atoms. The van der Waals surface area contributed by atoms with E-state index in [0.717, 1.165) is 37.4 Å². The zero-order valence-electron chi connectivity index (χ0n) is 16.3. The van der Waals surface area contributed by atoms with Crippen molar-refractivity contribution in [2.24, 2.45) is 16.7 Å². The SMILES string of the molecule is CC1(C)[C@@H]2CC[C@@]1(C)[C@H](NC1CCN(Cc3ccc(Cl)cc3F)CC1)C2. The molecule has 2 aliphatic carbocycles. The third-order valence-electron chi connectivity index (χ3n) is 8.23. The lowest BCUT2D eigenvalue weighted by Gasteiger charge is -2.42. The van der Waals surface area contributed by atoms with Crippen LogP contribution in [-0.4, -0.2) is 30.1 Å². The molecule has 1 aromatic rings. The van der Waals surface area contributed by atoms with E-state index < -0.39 is 0 Å². The van der Waals surface area contributed by atoms with Crippen molar-refractivity contribution in [2.45, 2.75) is 71.5 Å². The molecule has 4 rings (SSSR count). The Morgan fingerprint density at radius 1 is 1.19 bits per heavy atom. The molecule has 2 nitrogen and oxygen atoms in total. The highest BCUT2D eigenvalue weighted by atomic mass is 35.5. The van der Waals surface area contributed by atoms with Gasteiger partial charge in [-0.05, 0) is 74.1 Å². The van der Waals surface area contributed by atoms with Crippen LogP contribution in [0.15, 0.2) is 18.2 Å². The summed E-state index contributed by atoms with van der Waals surface area (Å²) in [6.07, 6.45) is 6.45. The molecule has 1 N–H and O–H groups in total. The van der Waals surface area contributed by atoms with Crippen LogP contribution < -0.4 is 5.32 Å². The van der Waals surface area contributed by atoms with Crippen molar-refractivity contribution in [3.63, 3.8) is 0 Å². The van der Waals surface area contributed by atoms with Crippen molar-refractivity contribution < 1.29 is 4.39 Å². The lowest BCUT2D eigenvalue weighted by molar-refractivity contribution is 0.102. The molecule has 3 aliphatic rings. The topological polar surface area (TPSA) is 15.3 Å². The van der Waals surface area contributed by atoms with Gasteiger partial charge < -0.3 is 5.32 Å². The van der Waals surface area contributed by atoms with Crippen LogP contribution in [0.1, 0.15) is 58.4 Å². The molecule has 144 valence electrons. The first-order valence-corrected chi connectivity index (χ1v) is 10.6. The smallest absolute Gasteiger partial charge is 0.129 e. The number of benzene rings is 1. The van der Waals surface area contributed by atoms with Crippen molar-refractivity contribution >= 4 is 11.6 Å². The fraction of sp³-hybridized carbons (Fsp3) is 0.727. The second kappa shape index (κ2) is 6.76. The van der Waals surface area contributed by atoms with Crippen molar-refractivity contribution in [1.82, 2.24) is 10.2 Å². The summed E-state index contributed by atoms with van der Waals surface area (Å²) >= 11 is 5.86. The molecule has 3 fully saturated rings. The Bertz CT molecular complexity index is 668. The highest BCUT2D eigenvalue weighted by molar-refractivity contribution is 6.30. The van der Waals surface area contributed by atoms with Crippen LogP contribution in [0.25, 0.3) is 0 Å². The van der Waals surface area contributed by atoms with Crippen LogP contribution in [0.2, 0.25) is 5.02 Å². The number of hydrogen-bond acceptors (Lipinski definition) is 2. The molecule has 26 heavy (non-hydrogen) atoms. The van der Waals surface area contributed by atoms with Crippen LogP contribution in [0.5, 0.6) is 0 Å². The zero-order valence-corrected chi connectivity index (χ0v) is 17.1. The fourth-order valence-electron chi connectivity index (χ4n) is 5.89. The van der Waals surface area contributed by atoms with Crippen LogP contribution in [0.3, 0.4) is 0 Å². The van der Waals surface area contributed by atoms with Gasteiger partial charge in [0.1, 0.15) is 5.82 Å². The second-order valence-electron chi connectivity index (χ2n) is 9.62. The Morgan fingerprint density at radius 3 is 2.50 bits per heavy atom. The number of halogens is 2. The molecular weight excluding hydrogens is 347 g/mol. The Kier molecular flexibility index (Phi) is 4.86. The van der Waals surface area contributed by atoms with Gasteiger partial charge in [-0.1, -0.05) is 38.4 Å². The van der Waals surface area contributed by atoms with E-state index in [-0.39, 0.29) is 5.82 Å². The van der Waals surface area contributed by atoms with Gasteiger partial charge in [-0.25, -0.2) is 4.39 Å². The summed E-state index contributed by atoms with van der Waals surface area (Å²) in [6, 6.07) is 6.30. The van der Waals surface area contributed by atoms with Gasteiger partial charge in [-0.2, -0.15) is 0 Å². The average Bonchev–Trinajstić information content (AvgIpc) is 2.92. The highest BCUT2D eigenvalue weighted by Crippen LogP contribution is 2.65. The Morgan fingerprint density at radius 2 is 1.92 bits per heavy atom. The maximum Gasteiger partial charge on any atom is 0.129 e. The monoisotopic (exact) mass is 378 g/mol. The van der Waals surface area contributed by atoms with Gasteiger partial charge in [0.2, 0.25) is 0 Å². The van der Waals surface area contributed by atoms with E-state index in [1.54, 1.807) is 6.07 Å². The Balaban J connectivity index is 1.31. The summed E-state index contributed by atoms with van der Waals surface area (Å²) in [4.78, 5) is 2.37. The van der Waals surface area contributed by atoms with Gasteiger partial charge in [0, 0.05) is 29.2 Å². The van der Waals surface area contributed by atoms with Gasteiger partial charge in [-0.15, -0.1) is 0 Å². The zero-order chi connectivity index (χ0) is 18.5. The molecule has 1 saturated heterocycles. The maximum absolute atomic E-state index is 14.0. The minimum Gasteiger partial charge on any atom is -0.311 e. The van der Waals surface area contributed by atoms with Gasteiger partial charge >= 0.3 is 0 Å². The van der Waals surface area contributed by atoms with Gasteiger partial charge in [-0.3, -0.25) is 4.90 Å². The van der Waals surface area contributed by atoms with E-state index in [1.165, 1.54) is 25.3 Å². The summed E-state index contributed by atoms with van der Waals surface area (Å²) in [5.74, 6) is 0.702. The maximum atomic E-state index is 14.0.